The number of nitrogens with zero attached hydrogens (tertiary/aromatic N) is 2. The Morgan fingerprint density at radius 3 is 2.20 bits per heavy atom. The topological polar surface area (TPSA) is 148 Å². The van der Waals surface area contributed by atoms with Gasteiger partial charge in [0, 0.05) is 43.7 Å². The third kappa shape index (κ3) is 9.37. The summed E-state index contributed by atoms with van der Waals surface area (Å²) in [6, 6.07) is -0.0218. The van der Waals surface area contributed by atoms with E-state index in [1.54, 1.807) is 0 Å². The fraction of sp³-hybridized carbons (Fsp3) is 0.857. The quantitative estimate of drug-likeness (QED) is 0.281. The number of urea groups is 1. The van der Waals surface area contributed by atoms with Crippen LogP contribution < -0.4 is 16.0 Å². The first-order valence-electron chi connectivity index (χ1n) is 18.3. The smallest absolute Gasteiger partial charge is 0.315 e. The van der Waals surface area contributed by atoms with Gasteiger partial charge in [-0.2, -0.15) is 0 Å². The molecule has 5 fully saturated rings. The summed E-state index contributed by atoms with van der Waals surface area (Å²) in [6.45, 7) is 2.83. The Bertz CT molecular complexity index is 1090. The maximum atomic E-state index is 13.8. The monoisotopic (exact) mass is 643 g/mol. The number of carbonyl (C=O) groups excluding carboxylic acids is 4. The lowest BCUT2D eigenvalue weighted by molar-refractivity contribution is -0.141. The zero-order chi connectivity index (χ0) is 32.6. The second-order valence-electron chi connectivity index (χ2n) is 15.1. The minimum absolute atomic E-state index is 0.00262. The molecule has 4 aliphatic carbocycles. The van der Waals surface area contributed by atoms with Crippen molar-refractivity contribution in [3.63, 3.8) is 0 Å². The highest BCUT2D eigenvalue weighted by atomic mass is 16.4. The average molecular weight is 644 g/mol. The SMILES string of the molecule is CC1CCCCC1NC(=O)NC1CCC(CC(=O)NC2CCC3C(C2)C(=O)N(CCC(=O)O)CC(=O)N3CC2CCCCC2)CC1. The highest BCUT2D eigenvalue weighted by Gasteiger charge is 2.46. The molecule has 1 aliphatic heterocycles. The molecule has 5 amide bonds. The Balaban J connectivity index is 1.11. The van der Waals surface area contributed by atoms with E-state index in [2.05, 4.69) is 22.9 Å². The first-order valence-corrected chi connectivity index (χ1v) is 18.3. The first kappa shape index (κ1) is 34.5. The summed E-state index contributed by atoms with van der Waals surface area (Å²) >= 11 is 0. The first-order chi connectivity index (χ1) is 22.2. The van der Waals surface area contributed by atoms with Crippen LogP contribution >= 0.6 is 0 Å². The van der Waals surface area contributed by atoms with Crippen LogP contribution in [0, 0.1) is 23.7 Å². The molecule has 0 aromatic heterocycles. The lowest BCUT2D eigenvalue weighted by Gasteiger charge is -2.42. The van der Waals surface area contributed by atoms with Crippen molar-refractivity contribution >= 4 is 29.7 Å². The highest BCUT2D eigenvalue weighted by Crippen LogP contribution is 2.35. The molecule has 5 aliphatic rings. The Morgan fingerprint density at radius 1 is 0.783 bits per heavy atom. The molecular formula is C35H57N5O6. The fourth-order valence-electron chi connectivity index (χ4n) is 8.97. The van der Waals surface area contributed by atoms with E-state index in [9.17, 15) is 29.1 Å². The summed E-state index contributed by atoms with van der Waals surface area (Å²) < 4.78 is 0. The summed E-state index contributed by atoms with van der Waals surface area (Å²) in [7, 11) is 0. The van der Waals surface area contributed by atoms with Gasteiger partial charge in [-0.25, -0.2) is 4.79 Å². The number of carboxylic acids is 1. The Kier molecular flexibility index (Phi) is 12.2. The van der Waals surface area contributed by atoms with Crippen molar-refractivity contribution in [1.82, 2.24) is 25.8 Å². The van der Waals surface area contributed by atoms with Crippen molar-refractivity contribution in [3.05, 3.63) is 0 Å². The molecule has 5 unspecified atom stereocenters. The van der Waals surface area contributed by atoms with Gasteiger partial charge in [0.05, 0.1) is 18.9 Å². The fourth-order valence-corrected chi connectivity index (χ4v) is 8.97. The van der Waals surface area contributed by atoms with Crippen LogP contribution in [0.3, 0.4) is 0 Å². The van der Waals surface area contributed by atoms with E-state index >= 15 is 0 Å². The number of carbonyl (C=O) groups is 5. The van der Waals surface area contributed by atoms with Crippen LogP contribution in [0.25, 0.3) is 0 Å². The molecule has 11 heteroatoms. The molecule has 0 aromatic carbocycles. The summed E-state index contributed by atoms with van der Waals surface area (Å²) in [5.74, 6) is -0.431. The lowest BCUT2D eigenvalue weighted by Crippen LogP contribution is -2.53. The van der Waals surface area contributed by atoms with E-state index in [0.717, 1.165) is 51.4 Å². The third-order valence-electron chi connectivity index (χ3n) is 11.7. The molecule has 1 heterocycles. The molecular weight excluding hydrogens is 586 g/mol. The van der Waals surface area contributed by atoms with Gasteiger partial charge in [0.25, 0.3) is 0 Å². The second kappa shape index (κ2) is 16.3. The zero-order valence-electron chi connectivity index (χ0n) is 27.9. The lowest BCUT2D eigenvalue weighted by atomic mass is 9.79. The molecule has 0 radical (unpaired) electrons. The maximum Gasteiger partial charge on any atom is 0.315 e. The van der Waals surface area contributed by atoms with Gasteiger partial charge >= 0.3 is 12.0 Å². The largest absolute Gasteiger partial charge is 0.481 e. The van der Waals surface area contributed by atoms with Crippen molar-refractivity contribution < 1.29 is 29.1 Å². The Hall–Kier alpha value is -2.85. The van der Waals surface area contributed by atoms with E-state index in [1.165, 1.54) is 43.4 Å². The number of nitrogens with one attached hydrogen (secondary N) is 3. The van der Waals surface area contributed by atoms with Gasteiger partial charge < -0.3 is 30.9 Å². The van der Waals surface area contributed by atoms with Gasteiger partial charge in [0.1, 0.15) is 0 Å². The summed E-state index contributed by atoms with van der Waals surface area (Å²) in [6.07, 6.45) is 16.0. The van der Waals surface area contributed by atoms with Gasteiger partial charge in [0.15, 0.2) is 0 Å². The number of amides is 5. The normalized spacial score (nSPS) is 32.7. The highest BCUT2D eigenvalue weighted by molar-refractivity contribution is 5.90. The minimum atomic E-state index is -0.990. The predicted molar refractivity (Wildman–Crippen MR) is 174 cm³/mol. The summed E-state index contributed by atoms with van der Waals surface area (Å²) in [5.41, 5.74) is 0. The standard InChI is InChI=1S/C35H57N5O6/c1-23-7-5-6-10-29(23)38-35(46)37-26-13-11-24(12-14-26)19-31(41)36-27-15-16-30-28(20-27)34(45)39(18-17-33(43)44)22-32(42)40(30)21-25-8-3-2-4-9-25/h23-30H,2-22H2,1H3,(H,36,41)(H,43,44)(H2,37,38,46). The Morgan fingerprint density at radius 2 is 1.48 bits per heavy atom. The molecule has 1 saturated heterocycles. The maximum absolute atomic E-state index is 13.8. The van der Waals surface area contributed by atoms with Gasteiger partial charge in [0.2, 0.25) is 17.7 Å². The number of aliphatic carboxylic acids is 1. The van der Waals surface area contributed by atoms with Crippen LogP contribution in [-0.2, 0) is 19.2 Å². The molecule has 46 heavy (non-hydrogen) atoms. The van der Waals surface area contributed by atoms with Crippen LogP contribution in [-0.4, -0.2) is 88.4 Å². The molecule has 0 aromatic rings. The average Bonchev–Trinajstić information content (AvgIpc) is 3.12. The molecule has 11 nitrogen and oxygen atoms in total. The van der Waals surface area contributed by atoms with Crippen molar-refractivity contribution in [3.8, 4) is 0 Å². The van der Waals surface area contributed by atoms with E-state index in [1.807, 2.05) is 4.90 Å². The van der Waals surface area contributed by atoms with Crippen molar-refractivity contribution in [2.24, 2.45) is 23.7 Å². The van der Waals surface area contributed by atoms with Crippen LogP contribution in [0.5, 0.6) is 0 Å². The van der Waals surface area contributed by atoms with E-state index in [4.69, 9.17) is 0 Å². The van der Waals surface area contributed by atoms with E-state index in [-0.39, 0.29) is 73.3 Å². The van der Waals surface area contributed by atoms with E-state index < -0.39 is 11.9 Å². The molecule has 4 saturated carbocycles. The van der Waals surface area contributed by atoms with Gasteiger partial charge in [-0.15, -0.1) is 0 Å². The Labute approximate surface area is 274 Å². The van der Waals surface area contributed by atoms with Crippen LogP contribution in [0.2, 0.25) is 0 Å². The molecule has 258 valence electrons. The van der Waals surface area contributed by atoms with Gasteiger partial charge in [-0.1, -0.05) is 39.0 Å². The number of rotatable bonds is 10. The number of fused-ring (bicyclic) bond motifs is 1. The van der Waals surface area contributed by atoms with Crippen molar-refractivity contribution in [2.45, 2.75) is 147 Å². The molecule has 0 bridgehead atoms. The summed E-state index contributed by atoms with van der Waals surface area (Å²) in [4.78, 5) is 67.8. The second-order valence-corrected chi connectivity index (χ2v) is 15.1. The minimum Gasteiger partial charge on any atom is -0.481 e. The van der Waals surface area contributed by atoms with Gasteiger partial charge in [-0.3, -0.25) is 19.2 Å². The molecule has 0 spiro atoms. The molecule has 5 atom stereocenters. The molecule has 5 rings (SSSR count). The number of hydrogen-bond acceptors (Lipinski definition) is 5. The van der Waals surface area contributed by atoms with Crippen LogP contribution in [0.15, 0.2) is 0 Å². The number of hydrogen-bond donors (Lipinski definition) is 4. The van der Waals surface area contributed by atoms with Gasteiger partial charge in [-0.05, 0) is 88.4 Å². The zero-order valence-corrected chi connectivity index (χ0v) is 27.9. The molecule has 4 N–H and O–H groups in total. The summed E-state index contributed by atoms with van der Waals surface area (Å²) in [5, 5.41) is 18.8. The number of carboxylic acid groups (broad SMARTS) is 1. The third-order valence-corrected chi connectivity index (χ3v) is 11.7. The van der Waals surface area contributed by atoms with E-state index in [0.29, 0.717) is 37.6 Å². The predicted octanol–water partition coefficient (Wildman–Crippen LogP) is 4.19. The van der Waals surface area contributed by atoms with Crippen LogP contribution in [0.4, 0.5) is 4.79 Å². The van der Waals surface area contributed by atoms with Crippen LogP contribution in [0.1, 0.15) is 122 Å². The van der Waals surface area contributed by atoms with Crippen molar-refractivity contribution in [1.29, 1.82) is 0 Å². The van der Waals surface area contributed by atoms with Crippen molar-refractivity contribution in [2.75, 3.05) is 19.6 Å².